The van der Waals surface area contributed by atoms with Crippen LogP contribution in [0.4, 0.5) is 17.1 Å². The zero-order valence-electron chi connectivity index (χ0n) is 18.3. The van der Waals surface area contributed by atoms with Crippen LogP contribution in [-0.2, 0) is 14.4 Å². The van der Waals surface area contributed by atoms with Gasteiger partial charge in [0.2, 0.25) is 5.91 Å². The van der Waals surface area contributed by atoms with Crippen LogP contribution in [0.1, 0.15) is 22.8 Å². The molecule has 1 N–H and O–H groups in total. The number of aromatic carboxylic acids is 1. The Morgan fingerprint density at radius 3 is 2.31 bits per heavy atom. The Balaban J connectivity index is 1.69. The number of hydrogen-bond acceptors (Lipinski definition) is 6. The molecule has 2 heterocycles. The fourth-order valence-electron chi connectivity index (χ4n) is 3.97. The van der Waals surface area contributed by atoms with Crippen LogP contribution in [0.15, 0.2) is 88.8 Å². The van der Waals surface area contributed by atoms with Gasteiger partial charge in [-0.05, 0) is 48.2 Å². The molecule has 3 aromatic rings. The molecule has 0 radical (unpaired) electrons. The molecule has 0 atom stereocenters. The van der Waals surface area contributed by atoms with Crippen LogP contribution in [0.2, 0.25) is 0 Å². The summed E-state index contributed by atoms with van der Waals surface area (Å²) in [4.78, 5) is 57.8. The highest BCUT2D eigenvalue weighted by Crippen LogP contribution is 2.46. The first kappa shape index (κ1) is 22.3. The molecule has 3 amide bonds. The lowest BCUT2D eigenvalue weighted by atomic mass is 10.1. The Bertz CT molecular complexity index is 1480. The van der Waals surface area contributed by atoms with Crippen LogP contribution in [0.5, 0.6) is 0 Å². The van der Waals surface area contributed by atoms with Gasteiger partial charge in [0.15, 0.2) is 5.17 Å². The van der Waals surface area contributed by atoms with Crippen LogP contribution in [0.3, 0.4) is 0 Å². The van der Waals surface area contributed by atoms with Gasteiger partial charge in [0.1, 0.15) is 0 Å². The second-order valence-corrected chi connectivity index (χ2v) is 8.69. The highest BCUT2D eigenvalue weighted by molar-refractivity contribution is 8.19. The number of benzene rings is 3. The number of aliphatic imine (C=N–C) groups is 1. The van der Waals surface area contributed by atoms with Gasteiger partial charge >= 0.3 is 5.97 Å². The predicted molar refractivity (Wildman–Crippen MR) is 134 cm³/mol. The van der Waals surface area contributed by atoms with Gasteiger partial charge in [-0.25, -0.2) is 14.7 Å². The van der Waals surface area contributed by atoms with E-state index in [2.05, 4.69) is 4.99 Å². The van der Waals surface area contributed by atoms with Crippen molar-refractivity contribution in [2.45, 2.75) is 6.92 Å². The molecule has 172 valence electrons. The van der Waals surface area contributed by atoms with E-state index in [0.29, 0.717) is 22.6 Å². The summed E-state index contributed by atoms with van der Waals surface area (Å²) in [5.74, 6) is -2.58. The van der Waals surface area contributed by atoms with Crippen molar-refractivity contribution in [2.75, 3.05) is 9.80 Å². The molecule has 3 aromatic carbocycles. The van der Waals surface area contributed by atoms with Gasteiger partial charge in [0, 0.05) is 12.5 Å². The molecule has 1 saturated heterocycles. The fourth-order valence-corrected chi connectivity index (χ4v) is 5.06. The van der Waals surface area contributed by atoms with E-state index in [-0.39, 0.29) is 21.2 Å². The highest BCUT2D eigenvalue weighted by Gasteiger charge is 2.44. The topological polar surface area (TPSA) is 107 Å². The monoisotopic (exact) mass is 483 g/mol. The Morgan fingerprint density at radius 2 is 1.60 bits per heavy atom. The molecule has 5 rings (SSSR count). The van der Waals surface area contributed by atoms with Gasteiger partial charge in [0.25, 0.3) is 11.8 Å². The standard InChI is InChI=1S/C26H17N3O5S/c1-15(30)28-20-13-6-5-12-19(20)21(23(28)31)22-24(32)29(18-10-3-2-4-11-18)26(35-22)27-17-9-7-8-16(14-17)25(33)34/h2-14H,1H3,(H,33,34)/b22-21-,27-26?. The molecule has 1 fully saturated rings. The number of carboxylic acid groups (broad SMARTS) is 1. The molecular weight excluding hydrogens is 466 g/mol. The second kappa shape index (κ2) is 8.69. The van der Waals surface area contributed by atoms with E-state index in [1.54, 1.807) is 60.7 Å². The smallest absolute Gasteiger partial charge is 0.335 e. The number of fused-ring (bicyclic) bond motifs is 1. The van der Waals surface area contributed by atoms with Crippen LogP contribution < -0.4 is 9.80 Å². The molecule has 0 aromatic heterocycles. The molecule has 0 spiro atoms. The highest BCUT2D eigenvalue weighted by atomic mass is 32.2. The molecule has 2 aliphatic heterocycles. The minimum Gasteiger partial charge on any atom is -0.478 e. The molecule has 8 nitrogen and oxygen atoms in total. The van der Waals surface area contributed by atoms with Crippen LogP contribution in [0.25, 0.3) is 5.57 Å². The lowest BCUT2D eigenvalue weighted by Gasteiger charge is -2.15. The normalized spacial score (nSPS) is 18.4. The summed E-state index contributed by atoms with van der Waals surface area (Å²) in [7, 11) is 0. The maximum atomic E-state index is 13.7. The van der Waals surface area contributed by atoms with Crippen molar-refractivity contribution in [2.24, 2.45) is 4.99 Å². The molecule has 0 aliphatic carbocycles. The zero-order chi connectivity index (χ0) is 24.7. The van der Waals surface area contributed by atoms with Gasteiger partial charge in [0.05, 0.1) is 33.1 Å². The third-order valence-electron chi connectivity index (χ3n) is 5.49. The Morgan fingerprint density at radius 1 is 0.886 bits per heavy atom. The predicted octanol–water partition coefficient (Wildman–Crippen LogP) is 4.46. The van der Waals surface area contributed by atoms with E-state index in [4.69, 9.17) is 0 Å². The minimum absolute atomic E-state index is 0.0583. The lowest BCUT2D eigenvalue weighted by Crippen LogP contribution is -2.32. The van der Waals surface area contributed by atoms with E-state index in [0.717, 1.165) is 16.7 Å². The van der Waals surface area contributed by atoms with Crippen molar-refractivity contribution in [3.05, 3.63) is 94.9 Å². The number of amidine groups is 1. The average molecular weight is 484 g/mol. The molecule has 0 unspecified atom stereocenters. The van der Waals surface area contributed by atoms with Crippen LogP contribution >= 0.6 is 11.8 Å². The van der Waals surface area contributed by atoms with Crippen molar-refractivity contribution < 1.29 is 24.3 Å². The number of imide groups is 1. The van der Waals surface area contributed by atoms with E-state index in [9.17, 15) is 24.3 Å². The summed E-state index contributed by atoms with van der Waals surface area (Å²) in [6.45, 7) is 1.30. The van der Waals surface area contributed by atoms with Crippen LogP contribution in [-0.4, -0.2) is 34.0 Å². The number of anilines is 2. The molecule has 0 saturated carbocycles. The first-order valence-corrected chi connectivity index (χ1v) is 11.4. The number of carbonyl (C=O) groups is 4. The summed E-state index contributed by atoms with van der Waals surface area (Å²) in [5.41, 5.74) is 1.99. The van der Waals surface area contributed by atoms with Gasteiger partial charge in [-0.3, -0.25) is 19.3 Å². The van der Waals surface area contributed by atoms with E-state index < -0.39 is 23.7 Å². The quantitative estimate of drug-likeness (QED) is 0.552. The molecular formula is C26H17N3O5S. The third kappa shape index (κ3) is 3.81. The van der Waals surface area contributed by atoms with Gasteiger partial charge in [-0.15, -0.1) is 0 Å². The summed E-state index contributed by atoms with van der Waals surface area (Å²) in [6.07, 6.45) is 0. The SMILES string of the molecule is CC(=O)N1C(=O)/C(=C2\SC(=Nc3cccc(C(=O)O)c3)N(c3ccccc3)C2=O)c2ccccc21. The maximum Gasteiger partial charge on any atom is 0.335 e. The summed E-state index contributed by atoms with van der Waals surface area (Å²) in [6, 6.07) is 21.7. The molecule has 2 aliphatic rings. The largest absolute Gasteiger partial charge is 0.478 e. The number of amides is 3. The van der Waals surface area contributed by atoms with Crippen molar-refractivity contribution in [3.8, 4) is 0 Å². The number of carboxylic acids is 1. The summed E-state index contributed by atoms with van der Waals surface area (Å²) < 4.78 is 0. The Labute approximate surface area is 204 Å². The first-order chi connectivity index (χ1) is 16.9. The number of carbonyl (C=O) groups excluding carboxylic acids is 3. The van der Waals surface area contributed by atoms with E-state index in [1.807, 2.05) is 6.07 Å². The number of nitrogens with zero attached hydrogens (tertiary/aromatic N) is 3. The molecule has 0 bridgehead atoms. The lowest BCUT2D eigenvalue weighted by molar-refractivity contribution is -0.122. The summed E-state index contributed by atoms with van der Waals surface area (Å²) >= 11 is 1.01. The fraction of sp³-hybridized carbons (Fsp3) is 0.0385. The number of rotatable bonds is 3. The molecule has 9 heteroatoms. The second-order valence-electron chi connectivity index (χ2n) is 7.71. The van der Waals surface area contributed by atoms with Crippen LogP contribution in [0, 0.1) is 0 Å². The van der Waals surface area contributed by atoms with Crippen molar-refractivity contribution >= 4 is 63.3 Å². The van der Waals surface area contributed by atoms with Gasteiger partial charge in [-0.2, -0.15) is 0 Å². The van der Waals surface area contributed by atoms with Crippen molar-refractivity contribution in [3.63, 3.8) is 0 Å². The van der Waals surface area contributed by atoms with Crippen molar-refractivity contribution in [1.29, 1.82) is 0 Å². The minimum atomic E-state index is -1.09. The number of hydrogen-bond donors (Lipinski definition) is 1. The Kier molecular flexibility index (Phi) is 5.54. The van der Waals surface area contributed by atoms with E-state index >= 15 is 0 Å². The first-order valence-electron chi connectivity index (χ1n) is 10.5. The summed E-state index contributed by atoms with van der Waals surface area (Å²) in [5, 5.41) is 9.59. The van der Waals surface area contributed by atoms with Gasteiger partial charge < -0.3 is 5.11 Å². The zero-order valence-corrected chi connectivity index (χ0v) is 19.2. The Hall–Kier alpha value is -4.50. The molecule has 35 heavy (non-hydrogen) atoms. The third-order valence-corrected chi connectivity index (χ3v) is 6.53. The van der Waals surface area contributed by atoms with Crippen molar-refractivity contribution in [1.82, 2.24) is 0 Å². The van der Waals surface area contributed by atoms with E-state index in [1.165, 1.54) is 24.0 Å². The number of thioether (sulfide) groups is 1. The average Bonchev–Trinajstić information content (AvgIpc) is 3.32. The number of para-hydroxylation sites is 2. The maximum absolute atomic E-state index is 13.7. The van der Waals surface area contributed by atoms with Gasteiger partial charge in [-0.1, -0.05) is 42.5 Å².